The van der Waals surface area contributed by atoms with Gasteiger partial charge >= 0.3 is 0 Å². The Kier molecular flexibility index (Phi) is 3.86. The van der Waals surface area contributed by atoms with Gasteiger partial charge in [0.25, 0.3) is 0 Å². The second kappa shape index (κ2) is 5.80. The summed E-state index contributed by atoms with van der Waals surface area (Å²) in [4.78, 5) is 9.31. The van der Waals surface area contributed by atoms with Crippen molar-refractivity contribution in [2.45, 2.75) is 39.5 Å². The van der Waals surface area contributed by atoms with Crippen molar-refractivity contribution in [3.8, 4) is 11.4 Å². The van der Waals surface area contributed by atoms with Crippen molar-refractivity contribution in [3.05, 3.63) is 40.8 Å². The number of nitrogens with zero attached hydrogens (tertiary/aromatic N) is 2. The van der Waals surface area contributed by atoms with Gasteiger partial charge in [-0.25, -0.2) is 14.4 Å². The highest BCUT2D eigenvalue weighted by molar-refractivity contribution is 5.61. The van der Waals surface area contributed by atoms with E-state index in [2.05, 4.69) is 22.2 Å². The average Bonchev–Trinajstić information content (AvgIpc) is 2.50. The second-order valence-corrected chi connectivity index (χ2v) is 5.52. The summed E-state index contributed by atoms with van der Waals surface area (Å²) in [5, 5.41) is 3.33. The van der Waals surface area contributed by atoms with Gasteiger partial charge in [0.1, 0.15) is 11.6 Å². The molecule has 0 fully saturated rings. The Balaban J connectivity index is 2.09. The molecular formula is C17H20FN3. The van der Waals surface area contributed by atoms with E-state index in [0.29, 0.717) is 11.4 Å². The molecule has 1 heterocycles. The van der Waals surface area contributed by atoms with Crippen molar-refractivity contribution in [1.29, 1.82) is 0 Å². The lowest BCUT2D eigenvalue weighted by molar-refractivity contribution is 0.618. The van der Waals surface area contributed by atoms with E-state index in [0.717, 1.165) is 42.9 Å². The maximum atomic E-state index is 13.8. The van der Waals surface area contributed by atoms with E-state index in [4.69, 9.17) is 0 Å². The zero-order valence-electron chi connectivity index (χ0n) is 12.5. The minimum Gasteiger partial charge on any atom is -0.370 e. The Morgan fingerprint density at radius 3 is 2.76 bits per heavy atom. The highest BCUT2D eigenvalue weighted by Crippen LogP contribution is 2.28. The van der Waals surface area contributed by atoms with E-state index in [-0.39, 0.29) is 5.82 Å². The van der Waals surface area contributed by atoms with Crippen LogP contribution in [0.25, 0.3) is 11.4 Å². The van der Waals surface area contributed by atoms with Gasteiger partial charge in [0.15, 0.2) is 5.82 Å². The predicted molar refractivity (Wildman–Crippen MR) is 83.0 cm³/mol. The summed E-state index contributed by atoms with van der Waals surface area (Å²) in [5.41, 5.74) is 3.73. The van der Waals surface area contributed by atoms with Crippen LogP contribution < -0.4 is 5.32 Å². The molecule has 1 aliphatic rings. The van der Waals surface area contributed by atoms with Crippen LogP contribution in [0.3, 0.4) is 0 Å². The molecule has 0 saturated carbocycles. The van der Waals surface area contributed by atoms with Crippen molar-refractivity contribution in [3.63, 3.8) is 0 Å². The molecule has 0 unspecified atom stereocenters. The van der Waals surface area contributed by atoms with Crippen LogP contribution in [0, 0.1) is 12.7 Å². The molecule has 110 valence electrons. The van der Waals surface area contributed by atoms with Gasteiger partial charge in [0, 0.05) is 23.4 Å². The lowest BCUT2D eigenvalue weighted by atomic mass is 9.96. The summed E-state index contributed by atoms with van der Waals surface area (Å²) >= 11 is 0. The third kappa shape index (κ3) is 2.75. The maximum absolute atomic E-state index is 13.8. The molecular weight excluding hydrogens is 265 g/mol. The first kappa shape index (κ1) is 14.0. The van der Waals surface area contributed by atoms with Crippen LogP contribution in [0.5, 0.6) is 0 Å². The molecule has 1 N–H and O–H groups in total. The molecule has 1 aromatic heterocycles. The Labute approximate surface area is 124 Å². The average molecular weight is 285 g/mol. The smallest absolute Gasteiger partial charge is 0.161 e. The number of anilines is 1. The number of aromatic nitrogens is 2. The van der Waals surface area contributed by atoms with Crippen molar-refractivity contribution < 1.29 is 4.39 Å². The van der Waals surface area contributed by atoms with E-state index in [9.17, 15) is 4.39 Å². The van der Waals surface area contributed by atoms with Crippen molar-refractivity contribution in [1.82, 2.24) is 9.97 Å². The van der Waals surface area contributed by atoms with Crippen LogP contribution in [0.1, 0.15) is 36.6 Å². The number of halogens is 1. The van der Waals surface area contributed by atoms with Gasteiger partial charge in [-0.3, -0.25) is 0 Å². The van der Waals surface area contributed by atoms with Gasteiger partial charge in [-0.1, -0.05) is 12.1 Å². The topological polar surface area (TPSA) is 37.8 Å². The van der Waals surface area contributed by atoms with E-state index in [1.165, 1.54) is 18.1 Å². The fourth-order valence-corrected chi connectivity index (χ4v) is 2.77. The van der Waals surface area contributed by atoms with Gasteiger partial charge in [0.2, 0.25) is 0 Å². The minimum atomic E-state index is -0.209. The fourth-order valence-electron chi connectivity index (χ4n) is 2.77. The molecule has 3 nitrogen and oxygen atoms in total. The zero-order chi connectivity index (χ0) is 14.8. The normalized spacial score (nSPS) is 13.9. The number of hydrogen-bond acceptors (Lipinski definition) is 3. The molecule has 0 spiro atoms. The van der Waals surface area contributed by atoms with E-state index >= 15 is 0 Å². The Morgan fingerprint density at radius 2 is 2.00 bits per heavy atom. The van der Waals surface area contributed by atoms with Crippen molar-refractivity contribution in [2.75, 3.05) is 11.9 Å². The molecule has 0 aliphatic heterocycles. The van der Waals surface area contributed by atoms with E-state index in [1.54, 1.807) is 13.0 Å². The van der Waals surface area contributed by atoms with Crippen LogP contribution in [0.2, 0.25) is 0 Å². The van der Waals surface area contributed by atoms with E-state index in [1.807, 2.05) is 6.07 Å². The Hall–Kier alpha value is -1.97. The van der Waals surface area contributed by atoms with Gasteiger partial charge < -0.3 is 5.32 Å². The van der Waals surface area contributed by atoms with Gasteiger partial charge in [0.05, 0.1) is 0 Å². The zero-order valence-corrected chi connectivity index (χ0v) is 12.5. The van der Waals surface area contributed by atoms with Crippen LogP contribution in [-0.2, 0) is 12.8 Å². The lowest BCUT2D eigenvalue weighted by Crippen LogP contribution is -2.13. The number of rotatable bonds is 3. The first-order valence-corrected chi connectivity index (χ1v) is 7.59. The van der Waals surface area contributed by atoms with Gasteiger partial charge in [-0.05, 0) is 51.2 Å². The molecule has 0 atom stereocenters. The van der Waals surface area contributed by atoms with Crippen molar-refractivity contribution in [2.24, 2.45) is 0 Å². The molecule has 0 bridgehead atoms. The molecule has 1 aliphatic carbocycles. The summed E-state index contributed by atoms with van der Waals surface area (Å²) in [6.07, 6.45) is 4.36. The highest BCUT2D eigenvalue weighted by atomic mass is 19.1. The molecule has 21 heavy (non-hydrogen) atoms. The predicted octanol–water partition coefficient (Wildman–Crippen LogP) is 3.90. The number of benzene rings is 1. The summed E-state index contributed by atoms with van der Waals surface area (Å²) < 4.78 is 13.8. The fraction of sp³-hybridized carbons (Fsp3) is 0.412. The second-order valence-electron chi connectivity index (χ2n) is 5.52. The first-order valence-electron chi connectivity index (χ1n) is 7.59. The van der Waals surface area contributed by atoms with E-state index < -0.39 is 0 Å². The number of hydrogen-bond donors (Lipinski definition) is 1. The standard InChI is InChI=1S/C17H20FN3/c1-3-19-17-13-6-4-5-7-15(13)20-16(21-17)12-9-8-11(2)14(18)10-12/h8-10H,3-7H2,1-2H3,(H,19,20,21). The van der Waals surface area contributed by atoms with Gasteiger partial charge in [-0.15, -0.1) is 0 Å². The third-order valence-electron chi connectivity index (χ3n) is 3.96. The molecule has 4 heteroatoms. The lowest BCUT2D eigenvalue weighted by Gasteiger charge is -2.19. The summed E-state index contributed by atoms with van der Waals surface area (Å²) in [6, 6.07) is 5.19. The molecule has 2 aromatic rings. The largest absolute Gasteiger partial charge is 0.370 e. The van der Waals surface area contributed by atoms with Crippen molar-refractivity contribution >= 4 is 5.82 Å². The Morgan fingerprint density at radius 1 is 1.19 bits per heavy atom. The SMILES string of the molecule is CCNc1nc(-c2ccc(C)c(F)c2)nc2c1CCCC2. The minimum absolute atomic E-state index is 0.209. The summed E-state index contributed by atoms with van der Waals surface area (Å²) in [7, 11) is 0. The highest BCUT2D eigenvalue weighted by Gasteiger charge is 2.18. The van der Waals surface area contributed by atoms with Crippen LogP contribution >= 0.6 is 0 Å². The van der Waals surface area contributed by atoms with Gasteiger partial charge in [-0.2, -0.15) is 0 Å². The van der Waals surface area contributed by atoms with Crippen LogP contribution in [0.4, 0.5) is 10.2 Å². The number of aryl methyl sites for hydroxylation is 2. The van der Waals surface area contributed by atoms with Crippen LogP contribution in [-0.4, -0.2) is 16.5 Å². The maximum Gasteiger partial charge on any atom is 0.161 e. The summed E-state index contributed by atoms with van der Waals surface area (Å²) in [5.74, 6) is 1.32. The van der Waals surface area contributed by atoms with Crippen LogP contribution in [0.15, 0.2) is 18.2 Å². The summed E-state index contributed by atoms with van der Waals surface area (Å²) in [6.45, 7) is 4.64. The Bertz CT molecular complexity index is 667. The number of fused-ring (bicyclic) bond motifs is 1. The first-order chi connectivity index (χ1) is 10.2. The molecule has 1 aromatic carbocycles. The molecule has 3 rings (SSSR count). The monoisotopic (exact) mass is 285 g/mol. The molecule has 0 radical (unpaired) electrons. The molecule has 0 saturated heterocycles. The quantitative estimate of drug-likeness (QED) is 0.929. The third-order valence-corrected chi connectivity index (χ3v) is 3.96. The number of nitrogens with one attached hydrogen (secondary N) is 1. The molecule has 0 amide bonds.